The van der Waals surface area contributed by atoms with Crippen molar-refractivity contribution in [2.45, 2.75) is 70.3 Å². The lowest BCUT2D eigenvalue weighted by Crippen LogP contribution is -2.48. The summed E-state index contributed by atoms with van der Waals surface area (Å²) in [5.41, 5.74) is 0.302. The van der Waals surface area contributed by atoms with Gasteiger partial charge >= 0.3 is 0 Å². The van der Waals surface area contributed by atoms with E-state index in [0.717, 1.165) is 25.5 Å². The minimum absolute atomic E-state index is 0. The van der Waals surface area contributed by atoms with Crippen LogP contribution < -0.4 is 10.6 Å². The number of carbonyl (C=O) groups is 1. The van der Waals surface area contributed by atoms with Gasteiger partial charge in [0.2, 0.25) is 5.91 Å². The van der Waals surface area contributed by atoms with Gasteiger partial charge in [0.15, 0.2) is 5.96 Å². The number of hydrogen-bond acceptors (Lipinski definition) is 3. The molecular formula is C20H39IN4O2. The number of methoxy groups -OCH3 is 1. The van der Waals surface area contributed by atoms with Crippen molar-refractivity contribution in [3.05, 3.63) is 0 Å². The number of rotatable bonds is 8. The average Bonchev–Trinajstić information content (AvgIpc) is 3.12. The number of halogens is 1. The van der Waals surface area contributed by atoms with E-state index in [1.165, 1.54) is 57.8 Å². The van der Waals surface area contributed by atoms with Crippen LogP contribution in [0.25, 0.3) is 0 Å². The number of aliphatic imine (C=N–C) groups is 1. The van der Waals surface area contributed by atoms with Gasteiger partial charge in [0.25, 0.3) is 0 Å². The van der Waals surface area contributed by atoms with E-state index in [-0.39, 0.29) is 36.4 Å². The summed E-state index contributed by atoms with van der Waals surface area (Å²) >= 11 is 0. The Hall–Kier alpha value is -0.570. The average molecular weight is 494 g/mol. The smallest absolute Gasteiger partial charge is 0.243 e. The third-order valence-corrected chi connectivity index (χ3v) is 5.95. The molecule has 0 aliphatic heterocycles. The lowest BCUT2D eigenvalue weighted by molar-refractivity contribution is -0.127. The van der Waals surface area contributed by atoms with E-state index < -0.39 is 0 Å². The number of carbonyl (C=O) groups excluding carboxylic acids is 1. The number of likely N-dealkylation sites (N-methyl/N-ethyl adjacent to an activating group) is 1. The first-order valence-electron chi connectivity index (χ1n) is 10.3. The van der Waals surface area contributed by atoms with Gasteiger partial charge in [-0.1, -0.05) is 32.1 Å². The molecule has 1 amide bonds. The number of guanidine groups is 1. The standard InChI is InChI=1S/C20H38N4O2.HI/c1-24(2)18(25)15-21-19(23-17-9-5-4-6-10-17)22-16-20(13-14-26-3)11-7-8-12-20;/h17H,4-16H2,1-3H3,(H2,21,22,23);1H. The Kier molecular flexibility index (Phi) is 11.6. The number of amides is 1. The second-order valence-electron chi connectivity index (χ2n) is 8.24. The van der Waals surface area contributed by atoms with E-state index in [9.17, 15) is 4.79 Å². The monoisotopic (exact) mass is 494 g/mol. The summed E-state index contributed by atoms with van der Waals surface area (Å²) in [7, 11) is 5.33. The molecule has 0 aromatic heterocycles. The molecule has 2 saturated carbocycles. The van der Waals surface area contributed by atoms with Crippen molar-refractivity contribution < 1.29 is 9.53 Å². The van der Waals surface area contributed by atoms with Crippen molar-refractivity contribution in [1.82, 2.24) is 15.5 Å². The first-order chi connectivity index (χ1) is 12.5. The molecule has 2 N–H and O–H groups in total. The van der Waals surface area contributed by atoms with Crippen molar-refractivity contribution >= 4 is 35.8 Å². The lowest BCUT2D eigenvalue weighted by atomic mass is 9.83. The predicted octanol–water partition coefficient (Wildman–Crippen LogP) is 3.16. The van der Waals surface area contributed by atoms with Crippen molar-refractivity contribution in [3.8, 4) is 0 Å². The van der Waals surface area contributed by atoms with E-state index in [1.54, 1.807) is 26.1 Å². The quantitative estimate of drug-likeness (QED) is 0.309. The summed E-state index contributed by atoms with van der Waals surface area (Å²) < 4.78 is 5.34. The SMILES string of the molecule is COCCC1(CNC(=NCC(=O)N(C)C)NC2CCCCC2)CCCC1.I. The molecular weight excluding hydrogens is 455 g/mol. The third kappa shape index (κ3) is 8.54. The first-order valence-corrected chi connectivity index (χ1v) is 10.3. The summed E-state index contributed by atoms with van der Waals surface area (Å²) in [4.78, 5) is 18.1. The largest absolute Gasteiger partial charge is 0.385 e. The zero-order valence-corrected chi connectivity index (χ0v) is 19.7. The molecule has 0 aromatic carbocycles. The van der Waals surface area contributed by atoms with Gasteiger partial charge in [0, 0.05) is 40.4 Å². The van der Waals surface area contributed by atoms with Crippen molar-refractivity contribution in [3.63, 3.8) is 0 Å². The fourth-order valence-electron chi connectivity index (χ4n) is 4.11. The number of nitrogens with one attached hydrogen (secondary N) is 2. The highest BCUT2D eigenvalue weighted by atomic mass is 127. The highest BCUT2D eigenvalue weighted by Gasteiger charge is 2.33. The van der Waals surface area contributed by atoms with Crippen molar-refractivity contribution in [1.29, 1.82) is 0 Å². The minimum atomic E-state index is 0. The Morgan fingerprint density at radius 2 is 1.81 bits per heavy atom. The van der Waals surface area contributed by atoms with Gasteiger partial charge in [-0.2, -0.15) is 0 Å². The second-order valence-corrected chi connectivity index (χ2v) is 8.24. The molecule has 27 heavy (non-hydrogen) atoms. The van der Waals surface area contributed by atoms with Crippen LogP contribution in [0.3, 0.4) is 0 Å². The molecule has 2 rings (SSSR count). The maximum Gasteiger partial charge on any atom is 0.243 e. The molecule has 158 valence electrons. The molecule has 6 nitrogen and oxygen atoms in total. The van der Waals surface area contributed by atoms with Crippen LogP contribution in [0.1, 0.15) is 64.2 Å². The highest BCUT2D eigenvalue weighted by Crippen LogP contribution is 2.40. The van der Waals surface area contributed by atoms with Crippen molar-refractivity contribution in [2.24, 2.45) is 10.4 Å². The molecule has 0 bridgehead atoms. The predicted molar refractivity (Wildman–Crippen MR) is 122 cm³/mol. The molecule has 2 aliphatic rings. The Morgan fingerprint density at radius 3 is 2.41 bits per heavy atom. The summed E-state index contributed by atoms with van der Waals surface area (Å²) in [6, 6.07) is 0.475. The van der Waals surface area contributed by atoms with Gasteiger partial charge in [0.1, 0.15) is 6.54 Å². The third-order valence-electron chi connectivity index (χ3n) is 5.95. The van der Waals surface area contributed by atoms with Crippen LogP contribution in [0.15, 0.2) is 4.99 Å². The molecule has 7 heteroatoms. The van der Waals surface area contributed by atoms with Gasteiger partial charge in [-0.25, -0.2) is 4.99 Å². The minimum Gasteiger partial charge on any atom is -0.385 e. The number of hydrogen-bond donors (Lipinski definition) is 2. The number of nitrogens with zero attached hydrogens (tertiary/aromatic N) is 2. The van der Waals surface area contributed by atoms with Gasteiger partial charge in [-0.15, -0.1) is 24.0 Å². The van der Waals surface area contributed by atoms with Gasteiger partial charge in [-0.3, -0.25) is 4.79 Å². The van der Waals surface area contributed by atoms with Crippen LogP contribution in [0.2, 0.25) is 0 Å². The summed E-state index contributed by atoms with van der Waals surface area (Å²) in [6.45, 7) is 1.91. The molecule has 0 unspecified atom stereocenters. The highest BCUT2D eigenvalue weighted by molar-refractivity contribution is 14.0. The van der Waals surface area contributed by atoms with Crippen LogP contribution in [0, 0.1) is 5.41 Å². The Morgan fingerprint density at radius 1 is 1.15 bits per heavy atom. The van der Waals surface area contributed by atoms with Gasteiger partial charge < -0.3 is 20.3 Å². The number of ether oxygens (including phenoxy) is 1. The van der Waals surface area contributed by atoms with E-state index in [0.29, 0.717) is 11.5 Å². The first kappa shape index (κ1) is 24.5. The molecule has 0 atom stereocenters. The van der Waals surface area contributed by atoms with Crippen LogP contribution in [-0.4, -0.2) is 63.7 Å². The summed E-state index contributed by atoms with van der Waals surface area (Å²) in [6.07, 6.45) is 12.4. The lowest BCUT2D eigenvalue weighted by Gasteiger charge is -2.31. The zero-order chi connectivity index (χ0) is 18.8. The topological polar surface area (TPSA) is 66.0 Å². The Balaban J connectivity index is 0.00000364. The maximum absolute atomic E-state index is 12.0. The van der Waals surface area contributed by atoms with E-state index in [4.69, 9.17) is 4.74 Å². The molecule has 2 aliphatic carbocycles. The van der Waals surface area contributed by atoms with Crippen LogP contribution in [0.5, 0.6) is 0 Å². The van der Waals surface area contributed by atoms with Crippen LogP contribution in [0.4, 0.5) is 0 Å². The maximum atomic E-state index is 12.0. The van der Waals surface area contributed by atoms with E-state index in [1.807, 2.05) is 0 Å². The molecule has 0 spiro atoms. The molecule has 2 fully saturated rings. The molecule has 0 saturated heterocycles. The zero-order valence-electron chi connectivity index (χ0n) is 17.4. The molecule has 0 radical (unpaired) electrons. The normalized spacial score (nSPS) is 20.0. The van der Waals surface area contributed by atoms with E-state index >= 15 is 0 Å². The van der Waals surface area contributed by atoms with Crippen molar-refractivity contribution in [2.75, 3.05) is 40.9 Å². The fraction of sp³-hybridized carbons (Fsp3) is 0.900. The summed E-state index contributed by atoms with van der Waals surface area (Å²) in [5, 5.41) is 7.15. The van der Waals surface area contributed by atoms with Crippen LogP contribution in [-0.2, 0) is 9.53 Å². The Labute approximate surface area is 182 Å². The second kappa shape index (κ2) is 12.8. The fourth-order valence-corrected chi connectivity index (χ4v) is 4.11. The Bertz CT molecular complexity index is 459. The van der Waals surface area contributed by atoms with Crippen LogP contribution >= 0.6 is 24.0 Å². The van der Waals surface area contributed by atoms with E-state index in [2.05, 4.69) is 15.6 Å². The summed E-state index contributed by atoms with van der Waals surface area (Å²) in [5.74, 6) is 0.834. The van der Waals surface area contributed by atoms with Gasteiger partial charge in [0.05, 0.1) is 0 Å². The molecule has 0 heterocycles. The van der Waals surface area contributed by atoms with Gasteiger partial charge in [-0.05, 0) is 37.5 Å². The molecule has 0 aromatic rings.